The molecule has 0 aliphatic heterocycles. The highest BCUT2D eigenvalue weighted by Gasteiger charge is 2.00. The van der Waals surface area contributed by atoms with Gasteiger partial charge >= 0.3 is 0 Å². The summed E-state index contributed by atoms with van der Waals surface area (Å²) in [5.41, 5.74) is 5.28. The first-order valence-electron chi connectivity index (χ1n) is 3.58. The maximum Gasteiger partial charge on any atom is 0.0542 e. The lowest BCUT2D eigenvalue weighted by Crippen LogP contribution is -2.10. The highest BCUT2D eigenvalue weighted by atomic mass is 35.5. The molecule has 2 N–H and O–H groups in total. The minimum atomic E-state index is -0.975. The summed E-state index contributed by atoms with van der Waals surface area (Å²) in [6, 6.07) is 6.97. The second kappa shape index (κ2) is 4.60. The van der Waals surface area contributed by atoms with Gasteiger partial charge in [-0.2, -0.15) is 0 Å². The Morgan fingerprint density at radius 1 is 1.33 bits per heavy atom. The Morgan fingerprint density at radius 3 is 2.42 bits per heavy atom. The van der Waals surface area contributed by atoms with E-state index >= 15 is 0 Å². The topological polar surface area (TPSA) is 43.1 Å². The van der Waals surface area contributed by atoms with Crippen LogP contribution in [-0.2, 0) is 10.8 Å². The monoisotopic (exact) mass is 203 g/mol. The van der Waals surface area contributed by atoms with E-state index in [1.165, 1.54) is 0 Å². The van der Waals surface area contributed by atoms with E-state index in [-0.39, 0.29) is 0 Å². The number of benzene rings is 1. The van der Waals surface area contributed by atoms with E-state index in [0.717, 1.165) is 4.90 Å². The Kier molecular flexibility index (Phi) is 3.72. The highest BCUT2D eigenvalue weighted by molar-refractivity contribution is 7.85. The predicted molar refractivity (Wildman–Crippen MR) is 51.8 cm³/mol. The van der Waals surface area contributed by atoms with E-state index in [1.54, 1.807) is 24.3 Å². The van der Waals surface area contributed by atoms with Crippen LogP contribution in [0.25, 0.3) is 0 Å². The summed E-state index contributed by atoms with van der Waals surface area (Å²) in [6.45, 7) is 0.440. The Hall–Kier alpha value is -0.380. The molecule has 0 spiro atoms. The van der Waals surface area contributed by atoms with E-state index in [1.807, 2.05) is 0 Å². The molecule has 1 atom stereocenters. The molecule has 0 fully saturated rings. The zero-order chi connectivity index (χ0) is 8.97. The maximum absolute atomic E-state index is 11.3. The third kappa shape index (κ3) is 2.59. The molecule has 0 saturated heterocycles. The van der Waals surface area contributed by atoms with E-state index in [2.05, 4.69) is 0 Å². The van der Waals surface area contributed by atoms with Crippen molar-refractivity contribution < 1.29 is 4.21 Å². The van der Waals surface area contributed by atoms with Gasteiger partial charge in [-0.1, -0.05) is 11.6 Å². The average Bonchev–Trinajstić information content (AvgIpc) is 2.06. The lowest BCUT2D eigenvalue weighted by atomic mass is 10.4. The average molecular weight is 204 g/mol. The molecule has 4 heteroatoms. The smallest absolute Gasteiger partial charge is 0.0542 e. The molecule has 1 unspecified atom stereocenters. The molecular formula is C8H10ClNOS. The fourth-order valence-corrected chi connectivity index (χ4v) is 1.83. The molecule has 0 heterocycles. The molecule has 0 bridgehead atoms. The van der Waals surface area contributed by atoms with Crippen LogP contribution in [0.1, 0.15) is 0 Å². The number of hydrogen-bond acceptors (Lipinski definition) is 2. The Morgan fingerprint density at radius 2 is 1.92 bits per heavy atom. The summed E-state index contributed by atoms with van der Waals surface area (Å²) < 4.78 is 11.3. The summed E-state index contributed by atoms with van der Waals surface area (Å²) in [5.74, 6) is 0.502. The molecule has 1 aromatic carbocycles. The minimum Gasteiger partial charge on any atom is -0.330 e. The fraction of sp³-hybridized carbons (Fsp3) is 0.250. The lowest BCUT2D eigenvalue weighted by molar-refractivity contribution is 0.683. The van der Waals surface area contributed by atoms with Crippen molar-refractivity contribution in [2.45, 2.75) is 4.90 Å². The normalized spacial score (nSPS) is 12.8. The van der Waals surface area contributed by atoms with Crippen molar-refractivity contribution in [2.24, 2.45) is 5.73 Å². The van der Waals surface area contributed by atoms with Crippen LogP contribution in [0.2, 0.25) is 5.02 Å². The highest BCUT2D eigenvalue weighted by Crippen LogP contribution is 2.12. The summed E-state index contributed by atoms with van der Waals surface area (Å²) in [7, 11) is -0.975. The zero-order valence-corrected chi connectivity index (χ0v) is 8.07. The second-order valence-electron chi connectivity index (χ2n) is 2.29. The van der Waals surface area contributed by atoms with Crippen LogP contribution in [0.5, 0.6) is 0 Å². The standard InChI is InChI=1S/C8H10ClNOS/c9-7-1-3-8(4-2-7)12(11)6-5-10/h1-4H,5-6,10H2. The Balaban J connectivity index is 2.75. The van der Waals surface area contributed by atoms with Gasteiger partial charge in [0.15, 0.2) is 0 Å². The second-order valence-corrected chi connectivity index (χ2v) is 4.30. The van der Waals surface area contributed by atoms with E-state index in [0.29, 0.717) is 17.3 Å². The van der Waals surface area contributed by atoms with Crippen LogP contribution in [0.4, 0.5) is 0 Å². The van der Waals surface area contributed by atoms with Gasteiger partial charge in [0.2, 0.25) is 0 Å². The summed E-state index contributed by atoms with van der Waals surface area (Å²) in [4.78, 5) is 0.782. The first kappa shape index (κ1) is 9.71. The van der Waals surface area contributed by atoms with Crippen LogP contribution in [0, 0.1) is 0 Å². The summed E-state index contributed by atoms with van der Waals surface area (Å²) in [5, 5.41) is 0.656. The zero-order valence-electron chi connectivity index (χ0n) is 6.50. The van der Waals surface area contributed by atoms with E-state index < -0.39 is 10.8 Å². The molecule has 0 amide bonds. The molecule has 12 heavy (non-hydrogen) atoms. The lowest BCUT2D eigenvalue weighted by Gasteiger charge is -1.99. The van der Waals surface area contributed by atoms with Gasteiger partial charge in [0, 0.05) is 22.2 Å². The van der Waals surface area contributed by atoms with Gasteiger partial charge in [0.25, 0.3) is 0 Å². The van der Waals surface area contributed by atoms with Crippen LogP contribution in [0.3, 0.4) is 0 Å². The van der Waals surface area contributed by atoms with Crippen LogP contribution >= 0.6 is 11.6 Å². The molecule has 0 radical (unpaired) electrons. The van der Waals surface area contributed by atoms with Gasteiger partial charge in [-0.15, -0.1) is 0 Å². The van der Waals surface area contributed by atoms with Crippen molar-refractivity contribution in [1.29, 1.82) is 0 Å². The van der Waals surface area contributed by atoms with Gasteiger partial charge < -0.3 is 5.73 Å². The van der Waals surface area contributed by atoms with Crippen LogP contribution < -0.4 is 5.73 Å². The van der Waals surface area contributed by atoms with Gasteiger partial charge in [0.1, 0.15) is 0 Å². The maximum atomic E-state index is 11.3. The van der Waals surface area contributed by atoms with Gasteiger partial charge in [0.05, 0.1) is 10.8 Å². The van der Waals surface area contributed by atoms with Crippen molar-refractivity contribution in [1.82, 2.24) is 0 Å². The molecule has 0 aromatic heterocycles. The van der Waals surface area contributed by atoms with E-state index in [9.17, 15) is 4.21 Å². The predicted octanol–water partition coefficient (Wildman–Crippen LogP) is 1.41. The number of hydrogen-bond donors (Lipinski definition) is 1. The van der Waals surface area contributed by atoms with Gasteiger partial charge in [-0.3, -0.25) is 4.21 Å². The first-order valence-corrected chi connectivity index (χ1v) is 5.27. The van der Waals surface area contributed by atoms with Crippen LogP contribution in [-0.4, -0.2) is 16.5 Å². The van der Waals surface area contributed by atoms with Crippen molar-refractivity contribution >= 4 is 22.4 Å². The van der Waals surface area contributed by atoms with Crippen molar-refractivity contribution in [3.8, 4) is 0 Å². The molecule has 0 aliphatic carbocycles. The number of rotatable bonds is 3. The SMILES string of the molecule is NCCS(=O)c1ccc(Cl)cc1. The summed E-state index contributed by atoms with van der Waals surface area (Å²) in [6.07, 6.45) is 0. The molecular weight excluding hydrogens is 194 g/mol. The molecule has 66 valence electrons. The third-order valence-electron chi connectivity index (χ3n) is 1.38. The van der Waals surface area contributed by atoms with Crippen LogP contribution in [0.15, 0.2) is 29.2 Å². The third-order valence-corrected chi connectivity index (χ3v) is 3.04. The number of nitrogens with two attached hydrogens (primary N) is 1. The van der Waals surface area contributed by atoms with E-state index in [4.69, 9.17) is 17.3 Å². The first-order chi connectivity index (χ1) is 5.74. The Bertz CT molecular complexity index is 273. The molecule has 2 nitrogen and oxygen atoms in total. The molecule has 1 aromatic rings. The Labute approximate surface area is 79.2 Å². The molecule has 1 rings (SSSR count). The fourth-order valence-electron chi connectivity index (χ4n) is 0.811. The minimum absolute atomic E-state index is 0.440. The molecule has 0 saturated carbocycles. The quantitative estimate of drug-likeness (QED) is 0.807. The van der Waals surface area contributed by atoms with Crippen molar-refractivity contribution in [3.63, 3.8) is 0 Å². The molecule has 0 aliphatic rings. The largest absolute Gasteiger partial charge is 0.330 e. The van der Waals surface area contributed by atoms with Crippen molar-refractivity contribution in [3.05, 3.63) is 29.3 Å². The summed E-state index contributed by atoms with van der Waals surface area (Å²) >= 11 is 5.67. The van der Waals surface area contributed by atoms with Crippen molar-refractivity contribution in [2.75, 3.05) is 12.3 Å². The van der Waals surface area contributed by atoms with Gasteiger partial charge in [-0.25, -0.2) is 0 Å². The van der Waals surface area contributed by atoms with Gasteiger partial charge in [-0.05, 0) is 24.3 Å². The number of halogens is 1.